The number of ether oxygens (including phenoxy) is 3. The zero-order valence-electron chi connectivity index (χ0n) is 9.57. The Morgan fingerprint density at radius 2 is 2.00 bits per heavy atom. The number of methoxy groups -OCH3 is 2. The largest absolute Gasteiger partial charge is 0.466 e. The van der Waals surface area contributed by atoms with Gasteiger partial charge in [-0.2, -0.15) is 5.26 Å². The molecule has 1 atom stereocenters. The summed E-state index contributed by atoms with van der Waals surface area (Å²) in [7, 11) is 2.74. The van der Waals surface area contributed by atoms with Crippen LogP contribution in [0.5, 0.6) is 0 Å². The van der Waals surface area contributed by atoms with Gasteiger partial charge in [0.05, 0.1) is 13.0 Å². The summed E-state index contributed by atoms with van der Waals surface area (Å²) in [4.78, 5) is 11.2. The van der Waals surface area contributed by atoms with E-state index in [4.69, 9.17) is 19.5 Å². The second-order valence-corrected chi connectivity index (χ2v) is 3.10. The third-order valence-electron chi connectivity index (χ3n) is 2.19. The normalized spacial score (nSPS) is 13.0. The first kappa shape index (κ1) is 13.9. The van der Waals surface area contributed by atoms with Crippen LogP contribution in [0.4, 0.5) is 0 Å². The summed E-state index contributed by atoms with van der Waals surface area (Å²) in [5.41, 5.74) is 0. The van der Waals surface area contributed by atoms with Crippen LogP contribution < -0.4 is 0 Å². The molecule has 0 saturated heterocycles. The van der Waals surface area contributed by atoms with Gasteiger partial charge in [-0.3, -0.25) is 4.79 Å². The van der Waals surface area contributed by atoms with Gasteiger partial charge in [0.25, 0.3) is 5.79 Å². The molecule has 0 saturated carbocycles. The molecular formula is C10H17NO4. The van der Waals surface area contributed by atoms with E-state index in [1.807, 2.05) is 6.07 Å². The van der Waals surface area contributed by atoms with Gasteiger partial charge in [0.2, 0.25) is 0 Å². The summed E-state index contributed by atoms with van der Waals surface area (Å²) in [6.07, 6.45) is 0.0864. The maximum absolute atomic E-state index is 11.2. The van der Waals surface area contributed by atoms with E-state index in [-0.39, 0.29) is 12.4 Å². The minimum atomic E-state index is -1.38. The highest BCUT2D eigenvalue weighted by atomic mass is 16.7. The Morgan fingerprint density at radius 3 is 2.33 bits per heavy atom. The van der Waals surface area contributed by atoms with Crippen molar-refractivity contribution in [3.63, 3.8) is 0 Å². The van der Waals surface area contributed by atoms with Crippen molar-refractivity contribution >= 4 is 5.97 Å². The topological polar surface area (TPSA) is 68.6 Å². The lowest BCUT2D eigenvalue weighted by Crippen LogP contribution is -2.40. The molecule has 0 bridgehead atoms. The highest BCUT2D eigenvalue weighted by molar-refractivity contribution is 5.69. The van der Waals surface area contributed by atoms with Gasteiger partial charge in [-0.25, -0.2) is 0 Å². The van der Waals surface area contributed by atoms with Crippen molar-refractivity contribution in [2.45, 2.75) is 26.1 Å². The Labute approximate surface area is 89.9 Å². The number of hydrogen-bond donors (Lipinski definition) is 0. The maximum atomic E-state index is 11.2. The molecule has 0 aliphatic carbocycles. The average molecular weight is 215 g/mol. The summed E-state index contributed by atoms with van der Waals surface area (Å²) in [6, 6.07) is 1.91. The molecule has 0 aromatic heterocycles. The highest BCUT2D eigenvalue weighted by Gasteiger charge is 2.38. The lowest BCUT2D eigenvalue weighted by Gasteiger charge is -2.28. The molecule has 5 heteroatoms. The fourth-order valence-corrected chi connectivity index (χ4v) is 1.29. The Hall–Kier alpha value is -1.12. The molecule has 0 amide bonds. The number of carbonyl (C=O) groups is 1. The van der Waals surface area contributed by atoms with Gasteiger partial charge < -0.3 is 14.2 Å². The smallest absolute Gasteiger partial charge is 0.306 e. The number of nitriles is 1. The molecule has 0 N–H and O–H groups in total. The second-order valence-electron chi connectivity index (χ2n) is 3.10. The first-order valence-corrected chi connectivity index (χ1v) is 4.73. The summed E-state index contributed by atoms with van der Waals surface area (Å²) >= 11 is 0. The van der Waals surface area contributed by atoms with E-state index in [1.54, 1.807) is 13.8 Å². The first-order chi connectivity index (χ1) is 7.06. The lowest BCUT2D eigenvalue weighted by atomic mass is 9.98. The van der Waals surface area contributed by atoms with Gasteiger partial charge in [0, 0.05) is 20.1 Å². The first-order valence-electron chi connectivity index (χ1n) is 4.73. The molecule has 0 aliphatic rings. The number of carbonyl (C=O) groups excluding carboxylic acids is 1. The third-order valence-corrected chi connectivity index (χ3v) is 2.19. The lowest BCUT2D eigenvalue weighted by molar-refractivity contribution is -0.199. The Bertz CT molecular complexity index is 242. The number of rotatable bonds is 6. The zero-order chi connectivity index (χ0) is 11.9. The van der Waals surface area contributed by atoms with Gasteiger partial charge in [0.15, 0.2) is 0 Å². The van der Waals surface area contributed by atoms with Gasteiger partial charge in [0.1, 0.15) is 6.07 Å². The molecule has 15 heavy (non-hydrogen) atoms. The highest BCUT2D eigenvalue weighted by Crippen LogP contribution is 2.24. The van der Waals surface area contributed by atoms with Crippen molar-refractivity contribution in [3.8, 4) is 6.07 Å². The zero-order valence-corrected chi connectivity index (χ0v) is 9.57. The molecule has 0 aliphatic heterocycles. The van der Waals surface area contributed by atoms with Crippen molar-refractivity contribution in [2.75, 3.05) is 20.8 Å². The van der Waals surface area contributed by atoms with Crippen molar-refractivity contribution in [1.82, 2.24) is 0 Å². The number of hydrogen-bond acceptors (Lipinski definition) is 5. The van der Waals surface area contributed by atoms with Gasteiger partial charge >= 0.3 is 5.97 Å². The molecule has 0 fully saturated rings. The van der Waals surface area contributed by atoms with Crippen LogP contribution >= 0.6 is 0 Å². The van der Waals surface area contributed by atoms with E-state index in [2.05, 4.69) is 0 Å². The summed E-state index contributed by atoms with van der Waals surface area (Å²) < 4.78 is 14.8. The molecule has 0 aromatic rings. The standard InChI is InChI=1S/C10H17NO4/c1-5-15-9(12)6-8(2)10(7-11,13-3)14-4/h8H,5-6H2,1-4H3. The van der Waals surface area contributed by atoms with Crippen LogP contribution in [0.2, 0.25) is 0 Å². The molecule has 0 aromatic carbocycles. The van der Waals surface area contributed by atoms with Crippen molar-refractivity contribution in [3.05, 3.63) is 0 Å². The molecule has 0 rings (SSSR count). The van der Waals surface area contributed by atoms with Gasteiger partial charge in [-0.05, 0) is 6.92 Å². The summed E-state index contributed by atoms with van der Waals surface area (Å²) in [6.45, 7) is 3.75. The monoisotopic (exact) mass is 215 g/mol. The quantitative estimate of drug-likeness (QED) is 0.490. The Morgan fingerprint density at radius 1 is 1.47 bits per heavy atom. The van der Waals surface area contributed by atoms with Crippen LogP contribution in [0, 0.1) is 17.2 Å². The van der Waals surface area contributed by atoms with Crippen LogP contribution in [0.25, 0.3) is 0 Å². The SMILES string of the molecule is CCOC(=O)CC(C)C(C#N)(OC)OC. The molecular weight excluding hydrogens is 198 g/mol. The van der Waals surface area contributed by atoms with Gasteiger partial charge in [-0.15, -0.1) is 0 Å². The third kappa shape index (κ3) is 3.50. The number of esters is 1. The van der Waals surface area contributed by atoms with E-state index in [0.717, 1.165) is 0 Å². The average Bonchev–Trinajstić information content (AvgIpc) is 2.21. The molecule has 1 unspecified atom stereocenters. The van der Waals surface area contributed by atoms with E-state index in [0.29, 0.717) is 6.61 Å². The molecule has 0 heterocycles. The molecule has 5 nitrogen and oxygen atoms in total. The minimum Gasteiger partial charge on any atom is -0.466 e. The maximum Gasteiger partial charge on any atom is 0.306 e. The van der Waals surface area contributed by atoms with Crippen LogP contribution in [0.3, 0.4) is 0 Å². The van der Waals surface area contributed by atoms with E-state index in [1.165, 1.54) is 14.2 Å². The van der Waals surface area contributed by atoms with Crippen molar-refractivity contribution in [1.29, 1.82) is 5.26 Å². The fraction of sp³-hybridized carbons (Fsp3) is 0.800. The number of nitrogens with zero attached hydrogens (tertiary/aromatic N) is 1. The van der Waals surface area contributed by atoms with Crippen LogP contribution in [-0.2, 0) is 19.0 Å². The molecule has 86 valence electrons. The van der Waals surface area contributed by atoms with Crippen LogP contribution in [-0.4, -0.2) is 32.6 Å². The van der Waals surface area contributed by atoms with E-state index < -0.39 is 11.7 Å². The second kappa shape index (κ2) is 6.38. The van der Waals surface area contributed by atoms with Crippen LogP contribution in [0.1, 0.15) is 20.3 Å². The fourth-order valence-electron chi connectivity index (χ4n) is 1.29. The summed E-state index contributed by atoms with van der Waals surface area (Å²) in [5, 5.41) is 8.94. The van der Waals surface area contributed by atoms with Crippen LogP contribution in [0.15, 0.2) is 0 Å². The Balaban J connectivity index is 4.47. The predicted octanol–water partition coefficient (Wildman–Crippen LogP) is 1.09. The minimum absolute atomic E-state index is 0.0864. The molecule has 0 radical (unpaired) electrons. The van der Waals surface area contributed by atoms with E-state index >= 15 is 0 Å². The van der Waals surface area contributed by atoms with Crippen molar-refractivity contribution in [2.24, 2.45) is 5.92 Å². The summed E-state index contributed by atoms with van der Waals surface area (Å²) in [5.74, 6) is -2.14. The Kier molecular flexibility index (Phi) is 5.90. The van der Waals surface area contributed by atoms with E-state index in [9.17, 15) is 4.79 Å². The predicted molar refractivity (Wildman–Crippen MR) is 52.8 cm³/mol. The van der Waals surface area contributed by atoms with Crippen molar-refractivity contribution < 1.29 is 19.0 Å². The molecule has 0 spiro atoms. The van der Waals surface area contributed by atoms with Gasteiger partial charge in [-0.1, -0.05) is 6.92 Å².